The van der Waals surface area contributed by atoms with Gasteiger partial charge in [-0.15, -0.1) is 0 Å². The number of nitrogens with zero attached hydrogens (tertiary/aromatic N) is 2. The Labute approximate surface area is 141 Å². The van der Waals surface area contributed by atoms with Crippen LogP contribution >= 0.6 is 23.4 Å². The van der Waals surface area contributed by atoms with Gasteiger partial charge in [0, 0.05) is 22.0 Å². The van der Waals surface area contributed by atoms with Crippen molar-refractivity contribution in [2.24, 2.45) is 0 Å². The Bertz CT molecular complexity index is 719. The number of alkyl halides is 3. The number of rotatable bonds is 3. The second-order valence-corrected chi connectivity index (χ2v) is 6.71. The van der Waals surface area contributed by atoms with Crippen molar-refractivity contribution < 1.29 is 13.2 Å². The highest BCUT2D eigenvalue weighted by Gasteiger charge is 2.37. The van der Waals surface area contributed by atoms with Crippen LogP contribution in [0.1, 0.15) is 35.4 Å². The summed E-state index contributed by atoms with van der Waals surface area (Å²) in [5.74, 6) is 0.440. The second-order valence-electron chi connectivity index (χ2n) is 5.36. The van der Waals surface area contributed by atoms with E-state index in [4.69, 9.17) is 11.6 Å². The maximum atomic E-state index is 13.3. The van der Waals surface area contributed by atoms with Crippen LogP contribution in [0.2, 0.25) is 5.02 Å². The zero-order valence-electron chi connectivity index (χ0n) is 12.2. The van der Waals surface area contributed by atoms with Crippen LogP contribution in [0.3, 0.4) is 0 Å². The first-order valence-corrected chi connectivity index (χ1v) is 8.64. The smallest absolute Gasteiger partial charge is 0.227 e. The lowest BCUT2D eigenvalue weighted by molar-refractivity contribution is -0.142. The van der Waals surface area contributed by atoms with E-state index in [0.29, 0.717) is 29.3 Å². The Hall–Kier alpha value is -1.27. The van der Waals surface area contributed by atoms with Crippen molar-refractivity contribution in [3.63, 3.8) is 0 Å². The van der Waals surface area contributed by atoms with Crippen molar-refractivity contribution in [1.29, 1.82) is 0 Å². The molecular formula is C16H14ClF3N2S. The zero-order valence-corrected chi connectivity index (χ0v) is 13.7. The molecule has 0 N–H and O–H groups in total. The molecule has 122 valence electrons. The summed E-state index contributed by atoms with van der Waals surface area (Å²) in [6.45, 7) is 0. The number of aromatic nitrogens is 2. The van der Waals surface area contributed by atoms with Crippen LogP contribution < -0.4 is 0 Å². The van der Waals surface area contributed by atoms with Gasteiger partial charge in [-0.25, -0.2) is 9.97 Å². The van der Waals surface area contributed by atoms with Crippen molar-refractivity contribution in [2.75, 3.05) is 0 Å². The first kappa shape index (κ1) is 16.6. The first-order chi connectivity index (χ1) is 10.9. The fourth-order valence-electron chi connectivity index (χ4n) is 2.63. The van der Waals surface area contributed by atoms with E-state index in [1.165, 1.54) is 11.8 Å². The van der Waals surface area contributed by atoms with Gasteiger partial charge in [-0.05, 0) is 37.3 Å². The Morgan fingerprint density at radius 1 is 1.09 bits per heavy atom. The Morgan fingerprint density at radius 2 is 1.83 bits per heavy atom. The predicted octanol–water partition coefficient (Wildman–Crippen LogP) is 5.32. The first-order valence-electron chi connectivity index (χ1n) is 7.28. The number of benzene rings is 1. The lowest BCUT2D eigenvalue weighted by atomic mass is 9.94. The van der Waals surface area contributed by atoms with Gasteiger partial charge in [-0.3, -0.25) is 0 Å². The monoisotopic (exact) mass is 358 g/mol. The molecule has 3 rings (SSSR count). The number of fused-ring (bicyclic) bond motifs is 1. The zero-order chi connectivity index (χ0) is 16.4. The van der Waals surface area contributed by atoms with Gasteiger partial charge in [0.25, 0.3) is 0 Å². The molecule has 0 amide bonds. The van der Waals surface area contributed by atoms with Crippen molar-refractivity contribution in [3.8, 4) is 0 Å². The van der Waals surface area contributed by atoms with Crippen LogP contribution in [-0.2, 0) is 24.8 Å². The van der Waals surface area contributed by atoms with Crippen LogP contribution in [0.4, 0.5) is 13.2 Å². The van der Waals surface area contributed by atoms with Crippen molar-refractivity contribution in [2.45, 2.75) is 42.8 Å². The molecule has 1 aliphatic rings. The quantitative estimate of drug-likeness (QED) is 0.548. The number of thioether (sulfide) groups is 1. The number of aryl methyl sites for hydroxylation is 1. The average Bonchev–Trinajstić information content (AvgIpc) is 2.52. The highest BCUT2D eigenvalue weighted by Crippen LogP contribution is 2.36. The standard InChI is InChI=1S/C16H14ClF3N2S/c17-12-7-3-1-5-10(12)9-23-15-21-13-8-4-2-6-11(13)14(22-15)16(18,19)20/h1,3,5,7H,2,4,6,8-9H2. The number of hydrogen-bond acceptors (Lipinski definition) is 3. The fraction of sp³-hybridized carbons (Fsp3) is 0.375. The minimum absolute atomic E-state index is 0.165. The van der Waals surface area contributed by atoms with Crippen LogP contribution in [0.25, 0.3) is 0 Å². The van der Waals surface area contributed by atoms with E-state index in [0.717, 1.165) is 18.4 Å². The lowest BCUT2D eigenvalue weighted by Gasteiger charge is -2.20. The fourth-order valence-corrected chi connectivity index (χ4v) is 3.78. The Kier molecular flexibility index (Phi) is 4.82. The van der Waals surface area contributed by atoms with Crippen molar-refractivity contribution in [1.82, 2.24) is 9.97 Å². The molecule has 7 heteroatoms. The highest BCUT2D eigenvalue weighted by atomic mass is 35.5. The third-order valence-corrected chi connectivity index (χ3v) is 5.01. The second kappa shape index (κ2) is 6.69. The Morgan fingerprint density at radius 3 is 2.57 bits per heavy atom. The van der Waals surface area contributed by atoms with E-state index < -0.39 is 11.9 Å². The van der Waals surface area contributed by atoms with E-state index in [1.54, 1.807) is 6.07 Å². The van der Waals surface area contributed by atoms with Crippen LogP contribution in [0.5, 0.6) is 0 Å². The minimum atomic E-state index is -4.44. The summed E-state index contributed by atoms with van der Waals surface area (Å²) in [7, 11) is 0. The van der Waals surface area contributed by atoms with E-state index in [2.05, 4.69) is 9.97 Å². The molecule has 0 spiro atoms. The molecule has 0 bridgehead atoms. The van der Waals surface area contributed by atoms with E-state index in [9.17, 15) is 13.2 Å². The van der Waals surface area contributed by atoms with Gasteiger partial charge in [0.15, 0.2) is 10.9 Å². The molecule has 0 aliphatic heterocycles. The van der Waals surface area contributed by atoms with Gasteiger partial charge in [0.05, 0.1) is 0 Å². The van der Waals surface area contributed by atoms with Gasteiger partial charge in [-0.2, -0.15) is 13.2 Å². The molecule has 1 aromatic carbocycles. The molecule has 0 saturated heterocycles. The summed E-state index contributed by atoms with van der Waals surface area (Å²) < 4.78 is 39.8. The molecule has 23 heavy (non-hydrogen) atoms. The molecule has 1 aromatic heterocycles. The number of halogens is 4. The lowest BCUT2D eigenvalue weighted by Crippen LogP contribution is -2.19. The summed E-state index contributed by atoms with van der Waals surface area (Å²) >= 11 is 7.26. The highest BCUT2D eigenvalue weighted by molar-refractivity contribution is 7.98. The largest absolute Gasteiger partial charge is 0.433 e. The third kappa shape index (κ3) is 3.80. The van der Waals surface area contributed by atoms with Crippen molar-refractivity contribution >= 4 is 23.4 Å². The SMILES string of the molecule is FC(F)(F)c1nc(SCc2ccccc2Cl)nc2c1CCCC2. The summed E-state index contributed by atoms with van der Waals surface area (Å²) in [6, 6.07) is 7.26. The molecule has 0 saturated carbocycles. The van der Waals surface area contributed by atoms with Crippen LogP contribution in [-0.4, -0.2) is 9.97 Å². The molecule has 0 radical (unpaired) electrons. The van der Waals surface area contributed by atoms with Gasteiger partial charge >= 0.3 is 6.18 Å². The topological polar surface area (TPSA) is 25.8 Å². The van der Waals surface area contributed by atoms with E-state index in [1.807, 2.05) is 18.2 Å². The molecule has 1 aliphatic carbocycles. The number of hydrogen-bond donors (Lipinski definition) is 0. The van der Waals surface area contributed by atoms with Crippen molar-refractivity contribution in [3.05, 3.63) is 51.8 Å². The summed E-state index contributed by atoms with van der Waals surface area (Å²) in [5, 5.41) is 0.756. The van der Waals surface area contributed by atoms with E-state index in [-0.39, 0.29) is 10.7 Å². The van der Waals surface area contributed by atoms with E-state index >= 15 is 0 Å². The van der Waals surface area contributed by atoms with Gasteiger partial charge in [-0.1, -0.05) is 41.6 Å². The normalized spacial score (nSPS) is 14.6. The molecule has 2 aromatic rings. The molecule has 0 unspecified atom stereocenters. The van der Waals surface area contributed by atoms with Gasteiger partial charge in [0.1, 0.15) is 0 Å². The summed E-state index contributed by atoms with van der Waals surface area (Å²) in [4.78, 5) is 8.13. The van der Waals surface area contributed by atoms with Gasteiger partial charge < -0.3 is 0 Å². The Balaban J connectivity index is 1.89. The average molecular weight is 359 g/mol. The third-order valence-electron chi connectivity index (χ3n) is 3.75. The molecule has 0 fully saturated rings. The minimum Gasteiger partial charge on any atom is -0.227 e. The van der Waals surface area contributed by atoms with Crippen LogP contribution in [0, 0.1) is 0 Å². The summed E-state index contributed by atoms with van der Waals surface area (Å²) in [5.41, 5.74) is 0.893. The predicted molar refractivity (Wildman–Crippen MR) is 84.7 cm³/mol. The van der Waals surface area contributed by atoms with Gasteiger partial charge in [0.2, 0.25) is 0 Å². The summed E-state index contributed by atoms with van der Waals surface area (Å²) in [6.07, 6.45) is -1.83. The molecule has 1 heterocycles. The molecular weight excluding hydrogens is 345 g/mol. The maximum Gasteiger partial charge on any atom is 0.433 e. The van der Waals surface area contributed by atoms with Crippen LogP contribution in [0.15, 0.2) is 29.4 Å². The molecule has 2 nitrogen and oxygen atoms in total. The maximum absolute atomic E-state index is 13.3. The molecule has 0 atom stereocenters.